The highest BCUT2D eigenvalue weighted by Gasteiger charge is 2.40. The van der Waals surface area contributed by atoms with Crippen LogP contribution >= 0.6 is 0 Å². The van der Waals surface area contributed by atoms with Gasteiger partial charge in [0.2, 0.25) is 5.79 Å². The van der Waals surface area contributed by atoms with Crippen molar-refractivity contribution in [2.75, 3.05) is 13.1 Å². The molecule has 0 aromatic heterocycles. The second kappa shape index (κ2) is 5.40. The van der Waals surface area contributed by atoms with Gasteiger partial charge >= 0.3 is 0 Å². The third kappa shape index (κ3) is 2.25. The molecule has 0 spiro atoms. The fourth-order valence-corrected chi connectivity index (χ4v) is 4.88. The number of ether oxygens (including phenoxy) is 2. The van der Waals surface area contributed by atoms with Crippen LogP contribution in [0.1, 0.15) is 49.9 Å². The fraction of sp³-hybridized carbons (Fsp3) is 0.455. The van der Waals surface area contributed by atoms with Crippen LogP contribution in [0.5, 0.6) is 17.2 Å². The van der Waals surface area contributed by atoms with Gasteiger partial charge in [-0.05, 0) is 66.3 Å². The normalized spacial score (nSPS) is 22.0. The molecule has 2 aromatic carbocycles. The Morgan fingerprint density at radius 1 is 1.19 bits per heavy atom. The molecule has 3 aliphatic rings. The molecule has 2 aliphatic heterocycles. The summed E-state index contributed by atoms with van der Waals surface area (Å²) in [7, 11) is 0. The maximum absolute atomic E-state index is 10.4. The smallest absolute Gasteiger partial charge is 0.246 e. The van der Waals surface area contributed by atoms with Gasteiger partial charge in [0.1, 0.15) is 5.75 Å². The molecule has 4 heteroatoms. The number of hydrogen-bond donors (Lipinski definition) is 1. The van der Waals surface area contributed by atoms with E-state index in [1.807, 2.05) is 32.0 Å². The van der Waals surface area contributed by atoms with E-state index < -0.39 is 5.79 Å². The van der Waals surface area contributed by atoms with Gasteiger partial charge < -0.3 is 14.6 Å². The van der Waals surface area contributed by atoms with Gasteiger partial charge in [-0.3, -0.25) is 4.90 Å². The minimum absolute atomic E-state index is 0.338. The Balaban J connectivity index is 1.74. The number of aromatic hydroxyl groups is 1. The van der Waals surface area contributed by atoms with Gasteiger partial charge in [0.15, 0.2) is 11.5 Å². The average molecular weight is 351 g/mol. The second-order valence-electron chi connectivity index (χ2n) is 8.10. The van der Waals surface area contributed by atoms with Crippen LogP contribution in [0, 0.1) is 0 Å². The summed E-state index contributed by atoms with van der Waals surface area (Å²) in [4.78, 5) is 2.60. The van der Waals surface area contributed by atoms with Crippen molar-refractivity contribution in [1.29, 1.82) is 0 Å². The van der Waals surface area contributed by atoms with Crippen LogP contribution in [0.3, 0.4) is 0 Å². The van der Waals surface area contributed by atoms with Gasteiger partial charge in [0, 0.05) is 32.0 Å². The lowest BCUT2D eigenvalue weighted by atomic mass is 9.76. The van der Waals surface area contributed by atoms with Crippen molar-refractivity contribution in [3.8, 4) is 28.4 Å². The monoisotopic (exact) mass is 351 g/mol. The van der Waals surface area contributed by atoms with Crippen LogP contribution in [-0.2, 0) is 12.8 Å². The van der Waals surface area contributed by atoms with Gasteiger partial charge in [-0.1, -0.05) is 13.0 Å². The first-order valence-corrected chi connectivity index (χ1v) is 9.61. The van der Waals surface area contributed by atoms with E-state index >= 15 is 0 Å². The molecule has 0 radical (unpaired) electrons. The molecule has 0 saturated carbocycles. The summed E-state index contributed by atoms with van der Waals surface area (Å²) >= 11 is 0. The fourth-order valence-electron chi connectivity index (χ4n) is 4.88. The number of phenolic OH excluding ortho intramolecular Hbond substituents is 1. The molecule has 1 N–H and O–H groups in total. The molecule has 26 heavy (non-hydrogen) atoms. The van der Waals surface area contributed by atoms with Crippen LogP contribution in [0.25, 0.3) is 11.1 Å². The minimum Gasteiger partial charge on any atom is -0.508 e. The predicted octanol–water partition coefficient (Wildman–Crippen LogP) is 4.43. The largest absolute Gasteiger partial charge is 0.508 e. The van der Waals surface area contributed by atoms with Gasteiger partial charge in [-0.15, -0.1) is 0 Å². The molecular formula is C22H25NO3. The maximum Gasteiger partial charge on any atom is 0.246 e. The topological polar surface area (TPSA) is 41.9 Å². The summed E-state index contributed by atoms with van der Waals surface area (Å²) in [6, 6.07) is 8.45. The van der Waals surface area contributed by atoms with Crippen LogP contribution in [0.2, 0.25) is 0 Å². The maximum atomic E-state index is 10.4. The van der Waals surface area contributed by atoms with Crippen molar-refractivity contribution >= 4 is 0 Å². The van der Waals surface area contributed by atoms with E-state index in [9.17, 15) is 5.11 Å². The predicted molar refractivity (Wildman–Crippen MR) is 101 cm³/mol. The van der Waals surface area contributed by atoms with E-state index in [1.54, 1.807) is 0 Å². The lowest BCUT2D eigenvalue weighted by Crippen LogP contribution is -2.38. The summed E-state index contributed by atoms with van der Waals surface area (Å²) in [5, 5.41) is 10.4. The van der Waals surface area contributed by atoms with Crippen LogP contribution in [0.4, 0.5) is 0 Å². The van der Waals surface area contributed by atoms with E-state index in [0.29, 0.717) is 11.8 Å². The van der Waals surface area contributed by atoms with E-state index in [-0.39, 0.29) is 0 Å². The molecule has 136 valence electrons. The molecule has 0 bridgehead atoms. The molecule has 2 heterocycles. The van der Waals surface area contributed by atoms with E-state index in [4.69, 9.17) is 9.47 Å². The molecule has 5 rings (SSSR count). The van der Waals surface area contributed by atoms with E-state index in [1.165, 1.54) is 16.7 Å². The first-order chi connectivity index (χ1) is 12.5. The first-order valence-electron chi connectivity index (χ1n) is 9.61. The van der Waals surface area contributed by atoms with Crippen molar-refractivity contribution in [3.05, 3.63) is 41.0 Å². The number of benzene rings is 2. The average Bonchev–Trinajstić information content (AvgIpc) is 2.90. The highest BCUT2D eigenvalue weighted by molar-refractivity contribution is 5.84. The third-order valence-electron chi connectivity index (χ3n) is 5.80. The molecule has 1 atom stereocenters. The molecule has 0 saturated heterocycles. The summed E-state index contributed by atoms with van der Waals surface area (Å²) < 4.78 is 12.1. The number of nitrogens with zero attached hydrogens (tertiary/aromatic N) is 1. The molecule has 2 aromatic rings. The Morgan fingerprint density at radius 3 is 2.85 bits per heavy atom. The summed E-state index contributed by atoms with van der Waals surface area (Å²) in [6.07, 6.45) is 3.12. The zero-order valence-electron chi connectivity index (χ0n) is 15.6. The lowest BCUT2D eigenvalue weighted by molar-refractivity contribution is -0.0429. The molecule has 0 amide bonds. The van der Waals surface area contributed by atoms with Crippen molar-refractivity contribution in [2.24, 2.45) is 0 Å². The van der Waals surface area contributed by atoms with Gasteiger partial charge in [-0.2, -0.15) is 0 Å². The number of hydrogen-bond acceptors (Lipinski definition) is 4. The summed E-state index contributed by atoms with van der Waals surface area (Å²) in [5.41, 5.74) is 6.15. The molecule has 0 fully saturated rings. The Morgan fingerprint density at radius 2 is 2.04 bits per heavy atom. The number of rotatable bonds is 2. The zero-order valence-corrected chi connectivity index (χ0v) is 15.6. The van der Waals surface area contributed by atoms with E-state index in [0.717, 1.165) is 55.0 Å². The molecule has 4 nitrogen and oxygen atoms in total. The van der Waals surface area contributed by atoms with Crippen LogP contribution < -0.4 is 9.47 Å². The Bertz CT molecular complexity index is 903. The Kier molecular flexibility index (Phi) is 3.32. The number of fused-ring (bicyclic) bond motifs is 4. The molecular weight excluding hydrogens is 326 g/mol. The lowest BCUT2D eigenvalue weighted by Gasteiger charge is -2.41. The summed E-state index contributed by atoms with van der Waals surface area (Å²) in [6.45, 7) is 8.28. The Labute approximate surface area is 154 Å². The van der Waals surface area contributed by atoms with E-state index in [2.05, 4.69) is 17.9 Å². The van der Waals surface area contributed by atoms with Crippen LogP contribution in [-0.4, -0.2) is 28.9 Å². The first kappa shape index (κ1) is 16.0. The SMILES string of the molecule is CCCN1CCc2cc(O)cc3c2[C@H]1Cc1ccc2c(c1-3)OC(C)(C)O2. The van der Waals surface area contributed by atoms with Crippen molar-refractivity contribution in [2.45, 2.75) is 51.9 Å². The minimum atomic E-state index is -0.653. The van der Waals surface area contributed by atoms with Crippen molar-refractivity contribution in [1.82, 2.24) is 4.90 Å². The van der Waals surface area contributed by atoms with Crippen molar-refractivity contribution < 1.29 is 14.6 Å². The number of phenols is 1. The highest BCUT2D eigenvalue weighted by atomic mass is 16.7. The summed E-state index contributed by atoms with van der Waals surface area (Å²) in [5.74, 6) is 1.31. The van der Waals surface area contributed by atoms with Crippen molar-refractivity contribution in [3.63, 3.8) is 0 Å². The van der Waals surface area contributed by atoms with Gasteiger partial charge in [0.25, 0.3) is 0 Å². The third-order valence-corrected chi connectivity index (χ3v) is 5.80. The second-order valence-corrected chi connectivity index (χ2v) is 8.10. The quantitative estimate of drug-likeness (QED) is 0.869. The standard InChI is InChI=1S/C22H25NO3/c1-4-8-23-9-7-14-10-15(24)12-16-19(14)17(23)11-13-5-6-18-21(20(13)16)26-22(2,3)25-18/h5-6,10,12,17,24H,4,7-9,11H2,1-3H3/t17-/m1/s1. The zero-order chi connectivity index (χ0) is 18.1. The van der Waals surface area contributed by atoms with Gasteiger partial charge in [-0.25, -0.2) is 0 Å². The van der Waals surface area contributed by atoms with Gasteiger partial charge in [0.05, 0.1) is 0 Å². The molecule has 0 unspecified atom stereocenters. The highest BCUT2D eigenvalue weighted by Crippen LogP contribution is 2.54. The Hall–Kier alpha value is -2.20. The van der Waals surface area contributed by atoms with Crippen LogP contribution in [0.15, 0.2) is 24.3 Å². The molecule has 1 aliphatic carbocycles.